The summed E-state index contributed by atoms with van der Waals surface area (Å²) in [6.45, 7) is 0. The molecule has 0 heterocycles. The van der Waals surface area contributed by atoms with Gasteiger partial charge in [0.25, 0.3) is 0 Å². The molecule has 0 aliphatic carbocycles. The van der Waals surface area contributed by atoms with Crippen LogP contribution in [0.15, 0.2) is 30.3 Å². The molecule has 0 bridgehead atoms. The lowest BCUT2D eigenvalue weighted by molar-refractivity contribution is -0.125. The molecule has 0 N–H and O–H groups in total. The second-order valence-electron chi connectivity index (χ2n) is 2.90. The lowest BCUT2D eigenvalue weighted by Gasteiger charge is -2.07. The van der Waals surface area contributed by atoms with Gasteiger partial charge in [0.05, 0.1) is 0 Å². The number of carbonyl (C=O) groups is 1. The van der Waals surface area contributed by atoms with Gasteiger partial charge < -0.3 is 0 Å². The summed E-state index contributed by atoms with van der Waals surface area (Å²) in [5.41, 5.74) is 1.19. The van der Waals surface area contributed by atoms with Gasteiger partial charge in [0, 0.05) is 13.5 Å². The van der Waals surface area contributed by atoms with Gasteiger partial charge in [-0.25, -0.2) is 0 Å². The SMILES string of the molecule is CN(S)C(=O)CCc1ccccc1. The van der Waals surface area contributed by atoms with E-state index in [1.807, 2.05) is 30.3 Å². The lowest BCUT2D eigenvalue weighted by Crippen LogP contribution is -2.16. The van der Waals surface area contributed by atoms with Crippen LogP contribution in [0.3, 0.4) is 0 Å². The van der Waals surface area contributed by atoms with Crippen molar-refractivity contribution in [2.24, 2.45) is 0 Å². The number of thiol groups is 1. The molecule has 0 saturated carbocycles. The summed E-state index contributed by atoms with van der Waals surface area (Å²) in [5, 5.41) is 0. The van der Waals surface area contributed by atoms with E-state index in [0.29, 0.717) is 6.42 Å². The minimum absolute atomic E-state index is 0.0483. The molecule has 0 saturated heterocycles. The van der Waals surface area contributed by atoms with Gasteiger partial charge in [-0.1, -0.05) is 43.1 Å². The average Bonchev–Trinajstić information content (AvgIpc) is 2.15. The van der Waals surface area contributed by atoms with Crippen LogP contribution in [-0.2, 0) is 11.2 Å². The molecule has 1 amide bonds. The second kappa shape index (κ2) is 4.92. The van der Waals surface area contributed by atoms with E-state index >= 15 is 0 Å². The molecule has 0 aliphatic rings. The van der Waals surface area contributed by atoms with Crippen LogP contribution in [0.5, 0.6) is 0 Å². The fourth-order valence-electron chi connectivity index (χ4n) is 1.06. The highest BCUT2D eigenvalue weighted by Gasteiger charge is 2.03. The molecular formula is C10H13NOS. The summed E-state index contributed by atoms with van der Waals surface area (Å²) in [5.74, 6) is 0.0483. The smallest absolute Gasteiger partial charge is 0.232 e. The standard InChI is InChI=1S/C10H13NOS/c1-11(13)10(12)8-7-9-5-3-2-4-6-9/h2-6,13H,7-8H2,1H3. The molecule has 2 nitrogen and oxygen atoms in total. The number of benzene rings is 1. The van der Waals surface area contributed by atoms with Gasteiger partial charge in [-0.05, 0) is 12.0 Å². The summed E-state index contributed by atoms with van der Waals surface area (Å²) in [6, 6.07) is 9.96. The van der Waals surface area contributed by atoms with Crippen LogP contribution in [0.2, 0.25) is 0 Å². The molecule has 3 heteroatoms. The first-order valence-electron chi connectivity index (χ1n) is 4.19. The van der Waals surface area contributed by atoms with Crippen LogP contribution >= 0.6 is 12.8 Å². The monoisotopic (exact) mass is 195 g/mol. The van der Waals surface area contributed by atoms with Gasteiger partial charge in [0.1, 0.15) is 0 Å². The molecule has 0 spiro atoms. The van der Waals surface area contributed by atoms with Crippen LogP contribution in [0.1, 0.15) is 12.0 Å². The van der Waals surface area contributed by atoms with Gasteiger partial charge >= 0.3 is 0 Å². The van der Waals surface area contributed by atoms with E-state index in [2.05, 4.69) is 12.8 Å². The fourth-order valence-corrected chi connectivity index (χ4v) is 1.16. The molecule has 0 radical (unpaired) electrons. The van der Waals surface area contributed by atoms with Crippen molar-refractivity contribution < 1.29 is 4.79 Å². The van der Waals surface area contributed by atoms with E-state index in [1.54, 1.807) is 7.05 Å². The van der Waals surface area contributed by atoms with Gasteiger partial charge in [-0.3, -0.25) is 9.10 Å². The van der Waals surface area contributed by atoms with E-state index in [-0.39, 0.29) is 5.91 Å². The Morgan fingerprint density at radius 1 is 1.38 bits per heavy atom. The Hall–Kier alpha value is -0.960. The number of nitrogens with zero attached hydrogens (tertiary/aromatic N) is 1. The van der Waals surface area contributed by atoms with Crippen molar-refractivity contribution in [3.63, 3.8) is 0 Å². The molecule has 0 aliphatic heterocycles. The molecule has 1 aromatic rings. The average molecular weight is 195 g/mol. The number of hydrogen-bond acceptors (Lipinski definition) is 2. The highest BCUT2D eigenvalue weighted by molar-refractivity contribution is 7.78. The molecule has 1 rings (SSSR count). The lowest BCUT2D eigenvalue weighted by atomic mass is 10.1. The van der Waals surface area contributed by atoms with Crippen molar-refractivity contribution in [1.29, 1.82) is 0 Å². The van der Waals surface area contributed by atoms with Gasteiger partial charge in [-0.15, -0.1) is 0 Å². The van der Waals surface area contributed by atoms with E-state index in [4.69, 9.17) is 0 Å². The van der Waals surface area contributed by atoms with E-state index in [9.17, 15) is 4.79 Å². The Kier molecular flexibility index (Phi) is 3.83. The Morgan fingerprint density at radius 3 is 2.54 bits per heavy atom. The number of carbonyl (C=O) groups excluding carboxylic acids is 1. The third kappa shape index (κ3) is 3.51. The summed E-state index contributed by atoms with van der Waals surface area (Å²) >= 11 is 3.92. The maximum atomic E-state index is 11.2. The third-order valence-electron chi connectivity index (χ3n) is 1.83. The first-order chi connectivity index (χ1) is 6.20. The molecule has 1 aromatic carbocycles. The Balaban J connectivity index is 2.40. The van der Waals surface area contributed by atoms with Crippen LogP contribution < -0.4 is 0 Å². The topological polar surface area (TPSA) is 20.3 Å². The minimum atomic E-state index is 0.0483. The summed E-state index contributed by atoms with van der Waals surface area (Å²) in [4.78, 5) is 11.2. The van der Waals surface area contributed by atoms with Crippen molar-refractivity contribution in [3.05, 3.63) is 35.9 Å². The predicted octanol–water partition coefficient (Wildman–Crippen LogP) is 1.92. The molecule has 13 heavy (non-hydrogen) atoms. The number of rotatable bonds is 3. The number of aryl methyl sites for hydroxylation is 1. The molecule has 0 fully saturated rings. The normalized spacial score (nSPS) is 9.69. The largest absolute Gasteiger partial charge is 0.292 e. The Morgan fingerprint density at radius 2 is 2.00 bits per heavy atom. The molecule has 0 atom stereocenters. The zero-order valence-corrected chi connectivity index (χ0v) is 8.50. The van der Waals surface area contributed by atoms with Crippen molar-refractivity contribution in [2.45, 2.75) is 12.8 Å². The first-order valence-corrected chi connectivity index (χ1v) is 4.59. The molecule has 70 valence electrons. The van der Waals surface area contributed by atoms with Crippen molar-refractivity contribution in [1.82, 2.24) is 4.31 Å². The van der Waals surface area contributed by atoms with E-state index in [1.165, 1.54) is 9.87 Å². The maximum absolute atomic E-state index is 11.2. The zero-order valence-electron chi connectivity index (χ0n) is 7.60. The fraction of sp³-hybridized carbons (Fsp3) is 0.300. The maximum Gasteiger partial charge on any atom is 0.232 e. The number of hydrogen-bond donors (Lipinski definition) is 1. The highest BCUT2D eigenvalue weighted by atomic mass is 32.1. The Labute approximate surface area is 84.1 Å². The Bertz CT molecular complexity index is 272. The highest BCUT2D eigenvalue weighted by Crippen LogP contribution is 2.04. The molecule has 0 unspecified atom stereocenters. The van der Waals surface area contributed by atoms with Crippen molar-refractivity contribution in [2.75, 3.05) is 7.05 Å². The van der Waals surface area contributed by atoms with Crippen molar-refractivity contribution in [3.8, 4) is 0 Å². The van der Waals surface area contributed by atoms with Gasteiger partial charge in [0.2, 0.25) is 5.91 Å². The second-order valence-corrected chi connectivity index (χ2v) is 3.50. The summed E-state index contributed by atoms with van der Waals surface area (Å²) < 4.78 is 1.32. The van der Waals surface area contributed by atoms with E-state index in [0.717, 1.165) is 6.42 Å². The molecular weight excluding hydrogens is 182 g/mol. The van der Waals surface area contributed by atoms with Crippen LogP contribution in [-0.4, -0.2) is 17.3 Å². The summed E-state index contributed by atoms with van der Waals surface area (Å²) in [7, 11) is 1.65. The number of amides is 1. The van der Waals surface area contributed by atoms with Crippen LogP contribution in [0, 0.1) is 0 Å². The van der Waals surface area contributed by atoms with Crippen LogP contribution in [0.25, 0.3) is 0 Å². The zero-order chi connectivity index (χ0) is 9.68. The first kappa shape index (κ1) is 10.1. The van der Waals surface area contributed by atoms with Gasteiger partial charge in [0.15, 0.2) is 0 Å². The van der Waals surface area contributed by atoms with Gasteiger partial charge in [-0.2, -0.15) is 0 Å². The molecule has 0 aromatic heterocycles. The minimum Gasteiger partial charge on any atom is -0.292 e. The predicted molar refractivity (Wildman–Crippen MR) is 56.5 cm³/mol. The quantitative estimate of drug-likeness (QED) is 0.731. The summed E-state index contributed by atoms with van der Waals surface area (Å²) in [6.07, 6.45) is 1.30. The van der Waals surface area contributed by atoms with Crippen LogP contribution in [0.4, 0.5) is 0 Å². The third-order valence-corrected chi connectivity index (χ3v) is 2.05. The van der Waals surface area contributed by atoms with E-state index < -0.39 is 0 Å². The van der Waals surface area contributed by atoms with Crippen molar-refractivity contribution >= 4 is 18.7 Å².